The van der Waals surface area contributed by atoms with Gasteiger partial charge in [0.1, 0.15) is 5.75 Å². The number of nitrogens with zero attached hydrogens (tertiary/aromatic N) is 1. The Morgan fingerprint density at radius 1 is 1.10 bits per heavy atom. The number of rotatable bonds is 8. The number of carbonyl (C=O) groups is 3. The second-order valence-corrected chi connectivity index (χ2v) is 8.26. The van der Waals surface area contributed by atoms with Crippen LogP contribution < -0.4 is 10.1 Å². The number of nitrogens with one attached hydrogen (secondary N) is 1. The van der Waals surface area contributed by atoms with Gasteiger partial charge >= 0.3 is 0 Å². The molecule has 3 amide bonds. The molecule has 1 heterocycles. The maximum atomic E-state index is 12.6. The number of hydrogen-bond donors (Lipinski definition) is 1. The van der Waals surface area contributed by atoms with E-state index < -0.39 is 0 Å². The Hall–Kier alpha value is -2.63. The van der Waals surface area contributed by atoms with Crippen LogP contribution in [0.5, 0.6) is 5.75 Å². The lowest BCUT2D eigenvalue weighted by Crippen LogP contribution is -2.36. The number of likely N-dealkylation sites (tertiary alicyclic amines) is 1. The average Bonchev–Trinajstić information content (AvgIpc) is 2.96. The number of methoxy groups -OCH3 is 1. The highest BCUT2D eigenvalue weighted by Crippen LogP contribution is 2.35. The molecule has 1 fully saturated rings. The van der Waals surface area contributed by atoms with Crippen molar-refractivity contribution in [3.63, 3.8) is 0 Å². The maximum Gasteiger partial charge on any atom is 0.233 e. The van der Waals surface area contributed by atoms with E-state index in [9.17, 15) is 14.4 Å². The third kappa shape index (κ3) is 4.86. The number of allylic oxidation sites excluding steroid dienone is 2. The summed E-state index contributed by atoms with van der Waals surface area (Å²) >= 11 is 0. The van der Waals surface area contributed by atoms with Crippen LogP contribution in [0.4, 0.5) is 0 Å². The number of fused-ring (bicyclic) bond motifs is 1. The normalized spacial score (nSPS) is 22.0. The SMILES string of the molecule is COc1ccc([C@@H](CC(C)C)NC(=O)CCN2C(=O)[C@H]3CC=CC[C@H]3C2=O)cc1. The second kappa shape index (κ2) is 9.25. The highest BCUT2D eigenvalue weighted by Gasteiger charge is 2.46. The molecule has 1 aliphatic carbocycles. The largest absolute Gasteiger partial charge is 0.497 e. The van der Waals surface area contributed by atoms with Crippen LogP contribution in [-0.2, 0) is 14.4 Å². The van der Waals surface area contributed by atoms with Gasteiger partial charge in [0.15, 0.2) is 0 Å². The summed E-state index contributed by atoms with van der Waals surface area (Å²) < 4.78 is 5.21. The van der Waals surface area contributed by atoms with E-state index >= 15 is 0 Å². The van der Waals surface area contributed by atoms with Crippen molar-refractivity contribution in [3.05, 3.63) is 42.0 Å². The van der Waals surface area contributed by atoms with Crippen molar-refractivity contribution in [3.8, 4) is 5.75 Å². The first-order chi connectivity index (χ1) is 13.9. The van der Waals surface area contributed by atoms with Gasteiger partial charge in [-0.05, 0) is 42.9 Å². The number of ether oxygens (including phenoxy) is 1. The van der Waals surface area contributed by atoms with Gasteiger partial charge in [-0.3, -0.25) is 19.3 Å². The molecule has 1 aromatic carbocycles. The summed E-state index contributed by atoms with van der Waals surface area (Å²) in [6.45, 7) is 4.37. The molecule has 1 N–H and O–H groups in total. The Morgan fingerprint density at radius 3 is 2.21 bits per heavy atom. The van der Waals surface area contributed by atoms with Crippen molar-refractivity contribution in [2.24, 2.45) is 17.8 Å². The zero-order valence-corrected chi connectivity index (χ0v) is 17.4. The molecule has 0 spiro atoms. The Kier molecular flexibility index (Phi) is 6.72. The van der Waals surface area contributed by atoms with Crippen LogP contribution in [0.15, 0.2) is 36.4 Å². The summed E-state index contributed by atoms with van der Waals surface area (Å²) in [7, 11) is 1.62. The Bertz CT molecular complexity index is 759. The lowest BCUT2D eigenvalue weighted by Gasteiger charge is -2.22. The first kappa shape index (κ1) is 21.1. The fraction of sp³-hybridized carbons (Fsp3) is 0.522. The number of carbonyl (C=O) groups excluding carboxylic acids is 3. The van der Waals surface area contributed by atoms with Gasteiger partial charge in [-0.15, -0.1) is 0 Å². The molecule has 3 rings (SSSR count). The molecular formula is C23H30N2O4. The van der Waals surface area contributed by atoms with E-state index in [2.05, 4.69) is 19.2 Å². The molecule has 1 saturated heterocycles. The smallest absolute Gasteiger partial charge is 0.233 e. The summed E-state index contributed by atoms with van der Waals surface area (Å²) in [6.07, 6.45) is 6.09. The lowest BCUT2D eigenvalue weighted by molar-refractivity contribution is -0.140. The first-order valence-corrected chi connectivity index (χ1v) is 10.3. The molecule has 0 bridgehead atoms. The summed E-state index contributed by atoms with van der Waals surface area (Å²) in [5.41, 5.74) is 1.01. The number of benzene rings is 1. The molecule has 1 aliphatic heterocycles. The molecule has 3 atom stereocenters. The van der Waals surface area contributed by atoms with E-state index in [1.54, 1.807) is 7.11 Å². The molecule has 2 aliphatic rings. The highest BCUT2D eigenvalue weighted by atomic mass is 16.5. The molecule has 0 saturated carbocycles. The van der Waals surface area contributed by atoms with Crippen molar-refractivity contribution >= 4 is 17.7 Å². The zero-order chi connectivity index (χ0) is 21.0. The van der Waals surface area contributed by atoms with Crippen molar-refractivity contribution in [1.29, 1.82) is 0 Å². The van der Waals surface area contributed by atoms with Crippen molar-refractivity contribution in [2.45, 2.75) is 45.6 Å². The maximum absolute atomic E-state index is 12.6. The van der Waals surface area contributed by atoms with E-state index in [1.807, 2.05) is 36.4 Å². The fourth-order valence-electron chi connectivity index (χ4n) is 4.16. The molecule has 6 nitrogen and oxygen atoms in total. The monoisotopic (exact) mass is 398 g/mol. The molecule has 1 aromatic rings. The fourth-order valence-corrected chi connectivity index (χ4v) is 4.16. The van der Waals surface area contributed by atoms with Gasteiger partial charge in [-0.25, -0.2) is 0 Å². The quantitative estimate of drug-likeness (QED) is 0.539. The van der Waals surface area contributed by atoms with Gasteiger partial charge in [0.25, 0.3) is 0 Å². The van der Waals surface area contributed by atoms with Gasteiger partial charge < -0.3 is 10.1 Å². The number of imide groups is 1. The summed E-state index contributed by atoms with van der Waals surface area (Å²) in [4.78, 5) is 39.0. The molecule has 29 heavy (non-hydrogen) atoms. The molecular weight excluding hydrogens is 368 g/mol. The summed E-state index contributed by atoms with van der Waals surface area (Å²) in [5, 5.41) is 3.08. The van der Waals surface area contributed by atoms with Gasteiger partial charge in [-0.1, -0.05) is 38.1 Å². The Morgan fingerprint density at radius 2 is 1.69 bits per heavy atom. The zero-order valence-electron chi connectivity index (χ0n) is 17.4. The molecule has 6 heteroatoms. The predicted molar refractivity (Wildman–Crippen MR) is 110 cm³/mol. The Labute approximate surface area is 172 Å². The van der Waals surface area contributed by atoms with Crippen LogP contribution in [0.2, 0.25) is 0 Å². The van der Waals surface area contributed by atoms with Crippen LogP contribution in [0.1, 0.15) is 51.1 Å². The minimum Gasteiger partial charge on any atom is -0.497 e. The topological polar surface area (TPSA) is 75.7 Å². The highest BCUT2D eigenvalue weighted by molar-refractivity contribution is 6.05. The standard InChI is InChI=1S/C23H30N2O4/c1-15(2)14-20(16-8-10-17(29-3)11-9-16)24-21(26)12-13-25-22(27)18-6-4-5-7-19(18)23(25)28/h4-5,8-11,15,18-20H,6-7,12-14H2,1-3H3,(H,24,26)/t18-,19+,20-/m1/s1. The van der Waals surface area contributed by atoms with E-state index in [4.69, 9.17) is 4.74 Å². The van der Waals surface area contributed by atoms with Gasteiger partial charge in [0.05, 0.1) is 25.0 Å². The Balaban J connectivity index is 1.60. The first-order valence-electron chi connectivity index (χ1n) is 10.3. The minimum absolute atomic E-state index is 0.120. The van der Waals surface area contributed by atoms with Crippen molar-refractivity contribution < 1.29 is 19.1 Å². The average molecular weight is 399 g/mol. The van der Waals surface area contributed by atoms with Crippen LogP contribution in [0.25, 0.3) is 0 Å². The van der Waals surface area contributed by atoms with Crippen LogP contribution in [0.3, 0.4) is 0 Å². The third-order valence-corrected chi connectivity index (χ3v) is 5.72. The lowest BCUT2D eigenvalue weighted by atomic mass is 9.85. The molecule has 156 valence electrons. The van der Waals surface area contributed by atoms with Crippen molar-refractivity contribution in [2.75, 3.05) is 13.7 Å². The van der Waals surface area contributed by atoms with Gasteiger partial charge in [0.2, 0.25) is 17.7 Å². The van der Waals surface area contributed by atoms with E-state index in [0.29, 0.717) is 18.8 Å². The molecule has 0 radical (unpaired) electrons. The number of hydrogen-bond acceptors (Lipinski definition) is 4. The van der Waals surface area contributed by atoms with Crippen LogP contribution in [0, 0.1) is 17.8 Å². The van der Waals surface area contributed by atoms with E-state index in [0.717, 1.165) is 17.7 Å². The minimum atomic E-state index is -0.247. The summed E-state index contributed by atoms with van der Waals surface area (Å²) in [5.74, 6) is 0.259. The second-order valence-electron chi connectivity index (χ2n) is 8.26. The summed E-state index contributed by atoms with van der Waals surface area (Å²) in [6, 6.07) is 7.55. The molecule has 0 aromatic heterocycles. The van der Waals surface area contributed by atoms with Gasteiger partial charge in [0, 0.05) is 13.0 Å². The predicted octanol–water partition coefficient (Wildman–Crippen LogP) is 3.24. The number of amides is 3. The molecule has 0 unspecified atom stereocenters. The van der Waals surface area contributed by atoms with Gasteiger partial charge in [-0.2, -0.15) is 0 Å². The van der Waals surface area contributed by atoms with Crippen LogP contribution >= 0.6 is 0 Å². The van der Waals surface area contributed by atoms with E-state index in [1.165, 1.54) is 4.90 Å². The third-order valence-electron chi connectivity index (χ3n) is 5.72. The van der Waals surface area contributed by atoms with Crippen LogP contribution in [-0.4, -0.2) is 36.3 Å². The van der Waals surface area contributed by atoms with Crippen molar-refractivity contribution in [1.82, 2.24) is 10.2 Å². The van der Waals surface area contributed by atoms with E-state index in [-0.39, 0.29) is 48.6 Å².